The SMILES string of the molecule is CC(=O)N(C)c1ccc(Nc2cc(NCc3cccc(F)c3)c(C(N)=O)nn2)cc1. The molecule has 0 fully saturated rings. The molecule has 4 N–H and O–H groups in total. The van der Waals surface area contributed by atoms with Crippen molar-refractivity contribution in [3.63, 3.8) is 0 Å². The van der Waals surface area contributed by atoms with E-state index in [0.717, 1.165) is 5.69 Å². The van der Waals surface area contributed by atoms with Crippen LogP contribution in [0.5, 0.6) is 0 Å². The molecule has 8 nitrogen and oxygen atoms in total. The maximum atomic E-state index is 13.4. The summed E-state index contributed by atoms with van der Waals surface area (Å²) in [7, 11) is 1.69. The van der Waals surface area contributed by atoms with Crippen molar-refractivity contribution >= 4 is 34.7 Å². The third-order valence-electron chi connectivity index (χ3n) is 4.40. The highest BCUT2D eigenvalue weighted by Crippen LogP contribution is 2.23. The van der Waals surface area contributed by atoms with Crippen molar-refractivity contribution in [2.75, 3.05) is 22.6 Å². The summed E-state index contributed by atoms with van der Waals surface area (Å²) in [4.78, 5) is 24.7. The minimum absolute atomic E-state index is 0.0182. The van der Waals surface area contributed by atoms with Crippen molar-refractivity contribution in [2.45, 2.75) is 13.5 Å². The molecule has 0 unspecified atom stereocenters. The van der Waals surface area contributed by atoms with E-state index in [1.807, 2.05) is 0 Å². The first kappa shape index (κ1) is 20.7. The minimum atomic E-state index is -0.729. The average molecular weight is 408 g/mol. The molecule has 0 saturated carbocycles. The fraction of sp³-hybridized carbons (Fsp3) is 0.143. The Morgan fingerprint density at radius 3 is 2.47 bits per heavy atom. The van der Waals surface area contributed by atoms with Gasteiger partial charge in [0.05, 0.1) is 5.69 Å². The Hall–Kier alpha value is -4.01. The normalized spacial score (nSPS) is 10.4. The van der Waals surface area contributed by atoms with Crippen LogP contribution in [-0.4, -0.2) is 29.1 Å². The predicted octanol–water partition coefficient (Wildman–Crippen LogP) is 3.05. The fourth-order valence-electron chi connectivity index (χ4n) is 2.71. The quantitative estimate of drug-likeness (QED) is 0.554. The smallest absolute Gasteiger partial charge is 0.271 e. The van der Waals surface area contributed by atoms with Crippen molar-refractivity contribution in [2.24, 2.45) is 5.73 Å². The second-order valence-electron chi connectivity index (χ2n) is 6.59. The summed E-state index contributed by atoms with van der Waals surface area (Å²) in [5.41, 5.74) is 7.90. The fourth-order valence-corrected chi connectivity index (χ4v) is 2.71. The van der Waals surface area contributed by atoms with Crippen LogP contribution in [0.4, 0.5) is 27.3 Å². The van der Waals surface area contributed by atoms with E-state index in [4.69, 9.17) is 5.73 Å². The molecular weight excluding hydrogens is 387 g/mol. The standard InChI is InChI=1S/C21H21FN6O2/c1-13(29)28(2)17-8-6-16(7-9-17)25-19-11-18(20(21(23)30)27-26-19)24-12-14-4-3-5-15(22)10-14/h3-11H,12H2,1-2H3,(H2,23,30)(H2,24,25,26). The van der Waals surface area contributed by atoms with E-state index >= 15 is 0 Å². The van der Waals surface area contributed by atoms with Gasteiger partial charge in [-0.25, -0.2) is 4.39 Å². The van der Waals surface area contributed by atoms with Gasteiger partial charge in [-0.1, -0.05) is 12.1 Å². The summed E-state index contributed by atoms with van der Waals surface area (Å²) in [6.45, 7) is 1.76. The number of nitrogens with one attached hydrogen (secondary N) is 2. The van der Waals surface area contributed by atoms with Gasteiger partial charge in [-0.05, 0) is 42.0 Å². The zero-order valence-corrected chi connectivity index (χ0v) is 16.5. The number of benzene rings is 2. The van der Waals surface area contributed by atoms with E-state index in [1.165, 1.54) is 24.0 Å². The van der Waals surface area contributed by atoms with Crippen LogP contribution in [0.3, 0.4) is 0 Å². The Morgan fingerprint density at radius 2 is 1.83 bits per heavy atom. The molecule has 0 spiro atoms. The number of rotatable bonds is 7. The first-order valence-electron chi connectivity index (χ1n) is 9.10. The van der Waals surface area contributed by atoms with Crippen LogP contribution >= 0.6 is 0 Å². The Bertz CT molecular complexity index is 1070. The van der Waals surface area contributed by atoms with Gasteiger partial charge < -0.3 is 21.3 Å². The zero-order chi connectivity index (χ0) is 21.7. The molecule has 2 aromatic carbocycles. The number of amides is 2. The van der Waals surface area contributed by atoms with Crippen molar-refractivity contribution in [1.82, 2.24) is 10.2 Å². The number of hydrogen-bond donors (Lipinski definition) is 3. The zero-order valence-electron chi connectivity index (χ0n) is 16.5. The lowest BCUT2D eigenvalue weighted by Crippen LogP contribution is -2.22. The van der Waals surface area contributed by atoms with Gasteiger partial charge in [-0.15, -0.1) is 10.2 Å². The van der Waals surface area contributed by atoms with Crippen LogP contribution < -0.4 is 21.3 Å². The maximum absolute atomic E-state index is 13.4. The number of anilines is 4. The molecule has 0 bridgehead atoms. The maximum Gasteiger partial charge on any atom is 0.271 e. The molecule has 2 amide bonds. The molecule has 0 aliphatic carbocycles. The molecule has 3 aromatic rings. The van der Waals surface area contributed by atoms with E-state index in [9.17, 15) is 14.0 Å². The summed E-state index contributed by atoms with van der Waals surface area (Å²) in [5.74, 6) is -0.766. The molecule has 154 valence electrons. The molecule has 1 heterocycles. The van der Waals surface area contributed by atoms with Crippen LogP contribution in [0, 0.1) is 5.82 Å². The van der Waals surface area contributed by atoms with E-state index in [1.54, 1.807) is 49.5 Å². The van der Waals surface area contributed by atoms with Gasteiger partial charge in [0.15, 0.2) is 11.5 Å². The lowest BCUT2D eigenvalue weighted by molar-refractivity contribution is -0.116. The molecule has 0 aliphatic rings. The topological polar surface area (TPSA) is 113 Å². The second-order valence-corrected chi connectivity index (χ2v) is 6.59. The lowest BCUT2D eigenvalue weighted by Gasteiger charge is -2.16. The number of carbonyl (C=O) groups excluding carboxylic acids is 2. The third kappa shape index (κ3) is 5.07. The van der Waals surface area contributed by atoms with E-state index in [2.05, 4.69) is 20.8 Å². The molecule has 3 rings (SSSR count). The Morgan fingerprint density at radius 1 is 1.10 bits per heavy atom. The molecule has 0 saturated heterocycles. The van der Waals surface area contributed by atoms with Crippen LogP contribution in [0.1, 0.15) is 23.0 Å². The lowest BCUT2D eigenvalue weighted by atomic mass is 10.2. The van der Waals surface area contributed by atoms with Crippen LogP contribution in [-0.2, 0) is 11.3 Å². The predicted molar refractivity (Wildman–Crippen MR) is 113 cm³/mol. The van der Waals surface area contributed by atoms with Crippen LogP contribution in [0.2, 0.25) is 0 Å². The molecule has 1 aromatic heterocycles. The number of primary amides is 1. The summed E-state index contributed by atoms with van der Waals surface area (Å²) in [5, 5.41) is 14.0. The second kappa shape index (κ2) is 8.99. The van der Waals surface area contributed by atoms with E-state index < -0.39 is 5.91 Å². The number of nitrogens with zero attached hydrogens (tertiary/aromatic N) is 3. The molecular formula is C21H21FN6O2. The first-order valence-corrected chi connectivity index (χ1v) is 9.10. The first-order chi connectivity index (χ1) is 14.3. The number of nitrogens with two attached hydrogens (primary N) is 1. The summed E-state index contributed by atoms with van der Waals surface area (Å²) >= 11 is 0. The summed E-state index contributed by atoms with van der Waals surface area (Å²) in [6, 6.07) is 14.9. The van der Waals surface area contributed by atoms with Crippen molar-refractivity contribution < 1.29 is 14.0 Å². The van der Waals surface area contributed by atoms with Gasteiger partial charge in [0.25, 0.3) is 5.91 Å². The Balaban J connectivity index is 1.78. The van der Waals surface area contributed by atoms with Gasteiger partial charge in [0, 0.05) is 38.0 Å². The van der Waals surface area contributed by atoms with E-state index in [-0.39, 0.29) is 24.0 Å². The number of halogens is 1. The number of carbonyl (C=O) groups is 2. The summed E-state index contributed by atoms with van der Waals surface area (Å²) in [6.07, 6.45) is 0. The number of aromatic nitrogens is 2. The Kier molecular flexibility index (Phi) is 6.21. The third-order valence-corrected chi connectivity index (χ3v) is 4.40. The van der Waals surface area contributed by atoms with Gasteiger partial charge >= 0.3 is 0 Å². The van der Waals surface area contributed by atoms with Crippen LogP contribution in [0.15, 0.2) is 54.6 Å². The van der Waals surface area contributed by atoms with Crippen molar-refractivity contribution in [3.8, 4) is 0 Å². The van der Waals surface area contributed by atoms with Crippen molar-refractivity contribution in [1.29, 1.82) is 0 Å². The Labute approximate surface area is 172 Å². The molecule has 30 heavy (non-hydrogen) atoms. The minimum Gasteiger partial charge on any atom is -0.379 e. The highest BCUT2D eigenvalue weighted by atomic mass is 19.1. The van der Waals surface area contributed by atoms with Gasteiger partial charge in [0.1, 0.15) is 5.82 Å². The summed E-state index contributed by atoms with van der Waals surface area (Å²) < 4.78 is 13.4. The molecule has 9 heteroatoms. The average Bonchev–Trinajstić information content (AvgIpc) is 2.72. The van der Waals surface area contributed by atoms with Gasteiger partial charge in [0.2, 0.25) is 5.91 Å². The van der Waals surface area contributed by atoms with Crippen LogP contribution in [0.25, 0.3) is 0 Å². The monoisotopic (exact) mass is 408 g/mol. The van der Waals surface area contributed by atoms with E-state index in [0.29, 0.717) is 22.8 Å². The highest BCUT2D eigenvalue weighted by Gasteiger charge is 2.13. The highest BCUT2D eigenvalue weighted by molar-refractivity contribution is 5.96. The molecule has 0 aliphatic heterocycles. The van der Waals surface area contributed by atoms with Crippen molar-refractivity contribution in [3.05, 3.63) is 71.7 Å². The molecule has 0 atom stereocenters. The largest absolute Gasteiger partial charge is 0.379 e. The van der Waals surface area contributed by atoms with Gasteiger partial charge in [-0.2, -0.15) is 0 Å². The van der Waals surface area contributed by atoms with Gasteiger partial charge in [-0.3, -0.25) is 9.59 Å². The number of hydrogen-bond acceptors (Lipinski definition) is 6. The molecule has 0 radical (unpaired) electrons.